The van der Waals surface area contributed by atoms with Crippen molar-refractivity contribution < 1.29 is 9.31 Å². The highest BCUT2D eigenvalue weighted by atomic mass is 16.5. The van der Waals surface area contributed by atoms with Crippen LogP contribution in [0.3, 0.4) is 0 Å². The summed E-state index contributed by atoms with van der Waals surface area (Å²) >= 11 is 0. The summed E-state index contributed by atoms with van der Waals surface area (Å²) in [5.41, 5.74) is 1.01. The van der Waals surface area contributed by atoms with Crippen LogP contribution in [0, 0.1) is 5.21 Å². The fourth-order valence-corrected chi connectivity index (χ4v) is 1.85. The van der Waals surface area contributed by atoms with Crippen molar-refractivity contribution in [3.05, 3.63) is 23.5 Å². The first-order valence-corrected chi connectivity index (χ1v) is 5.75. The van der Waals surface area contributed by atoms with E-state index in [1.165, 1.54) is 6.20 Å². The maximum Gasteiger partial charge on any atom is 0.398 e. The van der Waals surface area contributed by atoms with E-state index in [2.05, 4.69) is 17.2 Å². The molecule has 2 aromatic heterocycles. The number of fused-ring (bicyclic) bond motifs is 1. The van der Waals surface area contributed by atoms with Crippen molar-refractivity contribution in [1.82, 2.24) is 19.9 Å². The van der Waals surface area contributed by atoms with Gasteiger partial charge in [0.25, 0.3) is 0 Å². The van der Waals surface area contributed by atoms with Gasteiger partial charge in [-0.3, -0.25) is 9.48 Å². The van der Waals surface area contributed by atoms with Gasteiger partial charge in [-0.25, -0.2) is 4.73 Å². The van der Waals surface area contributed by atoms with E-state index in [1.807, 2.05) is 36.7 Å². The van der Waals surface area contributed by atoms with Crippen LogP contribution >= 0.6 is 0 Å². The van der Waals surface area contributed by atoms with E-state index in [-0.39, 0.29) is 0 Å². The smallest absolute Gasteiger partial charge is 0.398 e. The highest BCUT2D eigenvalue weighted by Crippen LogP contribution is 2.06. The van der Waals surface area contributed by atoms with Crippen molar-refractivity contribution >= 4 is 17.1 Å². The Bertz CT molecular complexity index is 599. The van der Waals surface area contributed by atoms with E-state index in [0.717, 1.165) is 17.2 Å². The molecule has 2 aromatic rings. The Labute approximate surface area is 105 Å². The molecule has 0 atom stereocenters. The zero-order valence-corrected chi connectivity index (χ0v) is 11.0. The molecule has 0 bridgehead atoms. The van der Waals surface area contributed by atoms with E-state index in [0.29, 0.717) is 11.2 Å². The summed E-state index contributed by atoms with van der Waals surface area (Å²) in [5, 5.41) is 19.6. The molecule has 0 spiro atoms. The van der Waals surface area contributed by atoms with Crippen LogP contribution in [0.2, 0.25) is 0 Å². The highest BCUT2D eigenvalue weighted by molar-refractivity contribution is 5.85. The fourth-order valence-electron chi connectivity index (χ4n) is 1.85. The molecule has 0 aliphatic carbocycles. The Kier molecular flexibility index (Phi) is 3.14. The van der Waals surface area contributed by atoms with E-state index in [9.17, 15) is 5.21 Å². The number of pyridine rings is 1. The summed E-state index contributed by atoms with van der Waals surface area (Å²) in [6.45, 7) is 2.88. The highest BCUT2D eigenvalue weighted by Gasteiger charge is 2.27. The van der Waals surface area contributed by atoms with Crippen LogP contribution in [0.5, 0.6) is 0 Å². The van der Waals surface area contributed by atoms with Crippen LogP contribution in [-0.4, -0.2) is 58.1 Å². The van der Waals surface area contributed by atoms with Crippen molar-refractivity contribution in [1.29, 1.82) is 0 Å². The van der Waals surface area contributed by atoms with Crippen molar-refractivity contribution in [2.45, 2.75) is 6.92 Å². The molecule has 18 heavy (non-hydrogen) atoms. The van der Waals surface area contributed by atoms with E-state index in [4.69, 9.17) is 0 Å². The number of hydrogen-bond acceptors (Lipinski definition) is 3. The average molecular weight is 249 g/mol. The third-order valence-corrected chi connectivity index (χ3v) is 2.78. The molecular formula is C11H17N6O+. The van der Waals surface area contributed by atoms with Gasteiger partial charge in [-0.15, -0.1) is 0 Å². The van der Waals surface area contributed by atoms with Gasteiger partial charge in [0.1, 0.15) is 10.3 Å². The summed E-state index contributed by atoms with van der Waals surface area (Å²) in [7, 11) is 5.84. The van der Waals surface area contributed by atoms with E-state index in [1.54, 1.807) is 10.7 Å². The van der Waals surface area contributed by atoms with Crippen molar-refractivity contribution in [2.75, 3.05) is 27.7 Å². The molecule has 0 aliphatic rings. The normalized spacial score (nSPS) is 10.7. The first kappa shape index (κ1) is 12.3. The molecular weight excluding hydrogens is 232 g/mol. The standard InChI is InChI=1S/C11H17N6O/c1-5-15(4)11(14(2)3)17-9-7-6-8-16(18)10(9)12-13-17/h6-8H,5H2,1-4H3/q+1. The predicted octanol–water partition coefficient (Wildman–Crippen LogP) is -0.507. The second-order valence-corrected chi connectivity index (χ2v) is 4.25. The molecule has 0 unspecified atom stereocenters. The van der Waals surface area contributed by atoms with Crippen LogP contribution in [0.15, 0.2) is 18.3 Å². The van der Waals surface area contributed by atoms with Crippen LogP contribution in [0.4, 0.5) is 0 Å². The summed E-state index contributed by atoms with van der Waals surface area (Å²) in [4.78, 5) is 2.04. The van der Waals surface area contributed by atoms with Crippen molar-refractivity contribution in [3.63, 3.8) is 0 Å². The van der Waals surface area contributed by atoms with E-state index < -0.39 is 0 Å². The molecule has 0 N–H and O–H groups in total. The molecule has 7 nitrogen and oxygen atoms in total. The first-order chi connectivity index (χ1) is 8.56. The summed E-state index contributed by atoms with van der Waals surface area (Å²) < 4.78 is 4.34. The van der Waals surface area contributed by atoms with Gasteiger partial charge < -0.3 is 5.21 Å². The molecule has 96 valence electrons. The monoisotopic (exact) mass is 249 g/mol. The third-order valence-electron chi connectivity index (χ3n) is 2.78. The number of nitrogens with zero attached hydrogens (tertiary/aromatic N) is 6. The maximum atomic E-state index is 11.6. The molecule has 2 heterocycles. The Morgan fingerprint density at radius 3 is 2.89 bits per heavy atom. The molecule has 0 amide bonds. The topological polar surface area (TPSA) is 63.9 Å². The minimum atomic E-state index is 0.321. The van der Waals surface area contributed by atoms with Crippen LogP contribution in [0.1, 0.15) is 6.92 Å². The maximum absolute atomic E-state index is 11.6. The summed E-state index contributed by atoms with van der Waals surface area (Å²) in [6.07, 6.45) is 1.42. The lowest BCUT2D eigenvalue weighted by atomic mass is 10.4. The van der Waals surface area contributed by atoms with Crippen LogP contribution in [0.25, 0.3) is 11.2 Å². The molecule has 2 rings (SSSR count). The quantitative estimate of drug-likeness (QED) is 0.296. The summed E-state index contributed by atoms with van der Waals surface area (Å²) in [6, 6.07) is 3.52. The van der Waals surface area contributed by atoms with Crippen molar-refractivity contribution in [3.8, 4) is 0 Å². The van der Waals surface area contributed by atoms with E-state index >= 15 is 0 Å². The van der Waals surface area contributed by atoms with Gasteiger partial charge in [-0.2, -0.15) is 0 Å². The molecule has 0 fully saturated rings. The van der Waals surface area contributed by atoms with Gasteiger partial charge in [0.05, 0.1) is 33.9 Å². The third kappa shape index (κ3) is 1.87. The van der Waals surface area contributed by atoms with Crippen LogP contribution < -0.4 is 4.73 Å². The van der Waals surface area contributed by atoms with Gasteiger partial charge in [0.2, 0.25) is 5.52 Å². The molecule has 0 saturated heterocycles. The predicted molar refractivity (Wildman–Crippen MR) is 67.3 cm³/mol. The second-order valence-electron chi connectivity index (χ2n) is 4.25. The van der Waals surface area contributed by atoms with Gasteiger partial charge in [0, 0.05) is 0 Å². The summed E-state index contributed by atoms with van der Waals surface area (Å²) in [5.74, 6) is 0.867. The largest absolute Gasteiger partial charge is 0.710 e. The van der Waals surface area contributed by atoms with Gasteiger partial charge in [-0.1, -0.05) is 4.68 Å². The van der Waals surface area contributed by atoms with Gasteiger partial charge in [-0.05, 0) is 19.1 Å². The molecule has 0 radical (unpaired) electrons. The van der Waals surface area contributed by atoms with Crippen LogP contribution in [-0.2, 0) is 0 Å². The Morgan fingerprint density at radius 2 is 2.28 bits per heavy atom. The number of aromatic nitrogens is 4. The lowest BCUT2D eigenvalue weighted by Crippen LogP contribution is -2.39. The zero-order chi connectivity index (χ0) is 13.3. The van der Waals surface area contributed by atoms with Crippen molar-refractivity contribution in [2.24, 2.45) is 0 Å². The Balaban J connectivity index is 2.67. The second kappa shape index (κ2) is 4.59. The van der Waals surface area contributed by atoms with Gasteiger partial charge >= 0.3 is 11.6 Å². The lowest BCUT2D eigenvalue weighted by molar-refractivity contribution is -0.579. The molecule has 0 aromatic carbocycles. The molecule has 0 aliphatic heterocycles. The first-order valence-electron chi connectivity index (χ1n) is 5.75. The average Bonchev–Trinajstić information content (AvgIpc) is 2.74. The lowest BCUT2D eigenvalue weighted by Gasteiger charge is -2.12. The number of hydrogen-bond donors (Lipinski definition) is 0. The molecule has 0 saturated carbocycles. The minimum Gasteiger partial charge on any atom is -0.710 e. The Hall–Kier alpha value is -2.18. The zero-order valence-electron chi connectivity index (χ0n) is 11.0. The SMILES string of the molecule is CCN(C)C(n1nnc2c1ccc[n+]2[O-])=[N+](C)C. The van der Waals surface area contributed by atoms with Gasteiger partial charge in [0.15, 0.2) is 0 Å². The molecule has 7 heteroatoms. The Morgan fingerprint density at radius 1 is 1.56 bits per heavy atom. The fraction of sp³-hybridized carbons (Fsp3) is 0.455. The minimum absolute atomic E-state index is 0.321. The number of rotatable bonds is 1.